The number of nitrogens with zero attached hydrogens (tertiary/aromatic N) is 4. The maximum atomic E-state index is 12.8. The Morgan fingerprint density at radius 2 is 1.73 bits per heavy atom. The third-order valence-corrected chi connectivity index (χ3v) is 5.58. The van der Waals surface area contributed by atoms with Gasteiger partial charge in [0.05, 0.1) is 23.3 Å². The minimum Gasteiger partial charge on any atom is -0.326 e. The van der Waals surface area contributed by atoms with Gasteiger partial charge in [-0.3, -0.25) is 14.5 Å². The second-order valence-electron chi connectivity index (χ2n) is 8.40. The number of pyridine rings is 2. The summed E-state index contributed by atoms with van der Waals surface area (Å²) in [6.07, 6.45) is 3.68. The Kier molecular flexibility index (Phi) is 5.96. The number of nitrogens with one attached hydrogen (secondary N) is 1. The summed E-state index contributed by atoms with van der Waals surface area (Å²) in [6, 6.07) is 13.3. The summed E-state index contributed by atoms with van der Waals surface area (Å²) in [6.45, 7) is 9.51. The van der Waals surface area contributed by atoms with Crippen LogP contribution in [0.1, 0.15) is 34.9 Å². The molecule has 1 N–H and O–H groups in total. The van der Waals surface area contributed by atoms with Crippen LogP contribution in [-0.4, -0.2) is 26.4 Å². The van der Waals surface area contributed by atoms with Crippen molar-refractivity contribution in [1.82, 2.24) is 14.6 Å². The van der Waals surface area contributed by atoms with Crippen LogP contribution in [0.5, 0.6) is 0 Å². The molecular weight excluding hydrogens is 414 g/mol. The van der Waals surface area contributed by atoms with Gasteiger partial charge in [0.25, 0.3) is 0 Å². The van der Waals surface area contributed by atoms with Gasteiger partial charge >= 0.3 is 0 Å². The van der Waals surface area contributed by atoms with Crippen molar-refractivity contribution in [3.63, 3.8) is 0 Å². The zero-order valence-electron chi connectivity index (χ0n) is 19.5. The molecule has 7 nitrogen and oxygen atoms in total. The van der Waals surface area contributed by atoms with Gasteiger partial charge in [-0.1, -0.05) is 17.7 Å². The smallest absolute Gasteiger partial charge is 0.229 e. The summed E-state index contributed by atoms with van der Waals surface area (Å²) in [5, 5.41) is 7.33. The monoisotopic (exact) mass is 441 g/mol. The molecule has 3 heterocycles. The Labute approximate surface area is 193 Å². The molecule has 4 rings (SSSR count). The fourth-order valence-electron chi connectivity index (χ4n) is 4.20. The SMILES string of the molecule is CC(=O)N(c1ccn2nc(C)cc2c1)c1cc(NC(=O)Cc2c(C)cc(C)cc2C)ccn1. The van der Waals surface area contributed by atoms with E-state index in [1.165, 1.54) is 17.4 Å². The largest absolute Gasteiger partial charge is 0.326 e. The molecule has 168 valence electrons. The first-order chi connectivity index (χ1) is 15.7. The van der Waals surface area contributed by atoms with Crippen molar-refractivity contribution in [2.24, 2.45) is 0 Å². The first kappa shape index (κ1) is 22.2. The number of carbonyl (C=O) groups is 2. The highest BCUT2D eigenvalue weighted by Gasteiger charge is 2.18. The van der Waals surface area contributed by atoms with Crippen molar-refractivity contribution >= 4 is 34.5 Å². The van der Waals surface area contributed by atoms with Gasteiger partial charge in [0.2, 0.25) is 11.8 Å². The molecule has 4 aromatic rings. The van der Waals surface area contributed by atoms with Crippen LogP contribution >= 0.6 is 0 Å². The van der Waals surface area contributed by atoms with E-state index in [2.05, 4.69) is 34.5 Å². The van der Waals surface area contributed by atoms with Gasteiger partial charge in [-0.15, -0.1) is 0 Å². The molecule has 0 atom stereocenters. The summed E-state index contributed by atoms with van der Waals surface area (Å²) in [5.41, 5.74) is 7.45. The van der Waals surface area contributed by atoms with E-state index >= 15 is 0 Å². The lowest BCUT2D eigenvalue weighted by Gasteiger charge is -2.21. The minimum atomic E-state index is -0.183. The molecule has 33 heavy (non-hydrogen) atoms. The van der Waals surface area contributed by atoms with E-state index in [4.69, 9.17) is 0 Å². The van der Waals surface area contributed by atoms with Crippen LogP contribution in [0.2, 0.25) is 0 Å². The molecule has 2 amide bonds. The molecule has 0 saturated heterocycles. The highest BCUT2D eigenvalue weighted by atomic mass is 16.2. The summed E-state index contributed by atoms with van der Waals surface area (Å²) >= 11 is 0. The van der Waals surface area contributed by atoms with Crippen LogP contribution in [0.3, 0.4) is 0 Å². The van der Waals surface area contributed by atoms with Crippen molar-refractivity contribution in [2.75, 3.05) is 10.2 Å². The van der Waals surface area contributed by atoms with E-state index in [0.29, 0.717) is 17.2 Å². The highest BCUT2D eigenvalue weighted by Crippen LogP contribution is 2.27. The third-order valence-electron chi connectivity index (χ3n) is 5.58. The molecule has 0 saturated carbocycles. The Morgan fingerprint density at radius 1 is 1.00 bits per heavy atom. The summed E-state index contributed by atoms with van der Waals surface area (Å²) in [5.74, 6) is 0.133. The molecule has 0 aliphatic carbocycles. The number of aryl methyl sites for hydroxylation is 4. The topological polar surface area (TPSA) is 79.6 Å². The second-order valence-corrected chi connectivity index (χ2v) is 8.40. The number of carbonyl (C=O) groups excluding carboxylic acids is 2. The fraction of sp³-hybridized carbons (Fsp3) is 0.231. The lowest BCUT2D eigenvalue weighted by atomic mass is 9.97. The number of benzene rings is 1. The molecule has 0 aliphatic rings. The summed E-state index contributed by atoms with van der Waals surface area (Å²) in [4.78, 5) is 31.2. The highest BCUT2D eigenvalue weighted by molar-refractivity contribution is 5.99. The van der Waals surface area contributed by atoms with Crippen LogP contribution in [0.15, 0.2) is 54.9 Å². The van der Waals surface area contributed by atoms with Gasteiger partial charge in [-0.05, 0) is 68.7 Å². The third kappa shape index (κ3) is 4.77. The van der Waals surface area contributed by atoms with Gasteiger partial charge in [-0.25, -0.2) is 9.50 Å². The van der Waals surface area contributed by atoms with Crippen molar-refractivity contribution in [1.29, 1.82) is 0 Å². The standard InChI is InChI=1S/C26H27N5O2/c1-16-10-17(2)24(18(3)11-16)15-26(33)28-21-6-8-27-25(13-21)31(20(5)32)22-7-9-30-23(14-22)12-19(4)29-30/h6-14H,15H2,1-5H3,(H,27,28,33). The molecule has 3 aromatic heterocycles. The van der Waals surface area contributed by atoms with Gasteiger partial charge in [0, 0.05) is 31.1 Å². The maximum absolute atomic E-state index is 12.8. The second kappa shape index (κ2) is 8.86. The quantitative estimate of drug-likeness (QED) is 0.481. The molecule has 7 heteroatoms. The normalized spacial score (nSPS) is 10.9. The lowest BCUT2D eigenvalue weighted by Crippen LogP contribution is -2.24. The average Bonchev–Trinajstić information content (AvgIpc) is 3.10. The van der Waals surface area contributed by atoms with Gasteiger partial charge in [-0.2, -0.15) is 5.10 Å². The van der Waals surface area contributed by atoms with Crippen LogP contribution in [-0.2, 0) is 16.0 Å². The first-order valence-corrected chi connectivity index (χ1v) is 10.8. The summed E-state index contributed by atoms with van der Waals surface area (Å²) < 4.78 is 1.76. The van der Waals surface area contributed by atoms with E-state index in [-0.39, 0.29) is 18.2 Å². The Hall–Kier alpha value is -4.00. The number of fused-ring (bicyclic) bond motifs is 1. The van der Waals surface area contributed by atoms with Crippen molar-refractivity contribution in [3.05, 3.63) is 82.8 Å². The van der Waals surface area contributed by atoms with Gasteiger partial charge < -0.3 is 5.32 Å². The minimum absolute atomic E-state index is 0.118. The van der Waals surface area contributed by atoms with Crippen LogP contribution in [0.4, 0.5) is 17.2 Å². The van der Waals surface area contributed by atoms with Gasteiger partial charge in [0.1, 0.15) is 5.82 Å². The number of hydrogen-bond donors (Lipinski definition) is 1. The Balaban J connectivity index is 1.59. The molecular formula is C26H27N5O2. The number of anilines is 3. The number of aromatic nitrogens is 3. The van der Waals surface area contributed by atoms with E-state index in [1.54, 1.807) is 22.8 Å². The van der Waals surface area contributed by atoms with Crippen LogP contribution in [0.25, 0.3) is 5.52 Å². The van der Waals surface area contributed by atoms with Crippen LogP contribution in [0, 0.1) is 27.7 Å². The molecule has 0 fully saturated rings. The zero-order valence-corrected chi connectivity index (χ0v) is 19.5. The van der Waals surface area contributed by atoms with E-state index in [0.717, 1.165) is 27.9 Å². The summed E-state index contributed by atoms with van der Waals surface area (Å²) in [7, 11) is 0. The molecule has 1 aromatic carbocycles. The lowest BCUT2D eigenvalue weighted by molar-refractivity contribution is -0.116. The Morgan fingerprint density at radius 3 is 2.42 bits per heavy atom. The average molecular weight is 442 g/mol. The maximum Gasteiger partial charge on any atom is 0.229 e. The predicted octanol–water partition coefficient (Wildman–Crippen LogP) is 4.83. The van der Waals surface area contributed by atoms with Gasteiger partial charge in [0.15, 0.2) is 0 Å². The molecule has 0 unspecified atom stereocenters. The zero-order chi connectivity index (χ0) is 23.7. The molecule has 0 spiro atoms. The fourth-order valence-corrected chi connectivity index (χ4v) is 4.20. The number of hydrogen-bond acceptors (Lipinski definition) is 4. The Bertz CT molecular complexity index is 1350. The van der Waals surface area contributed by atoms with E-state index in [1.807, 2.05) is 45.2 Å². The molecule has 0 radical (unpaired) electrons. The molecule has 0 aliphatic heterocycles. The van der Waals surface area contributed by atoms with Crippen molar-refractivity contribution in [2.45, 2.75) is 41.0 Å². The molecule has 0 bridgehead atoms. The van der Waals surface area contributed by atoms with Crippen molar-refractivity contribution in [3.8, 4) is 0 Å². The predicted molar refractivity (Wildman–Crippen MR) is 130 cm³/mol. The number of amides is 2. The first-order valence-electron chi connectivity index (χ1n) is 10.8. The van der Waals surface area contributed by atoms with E-state index < -0.39 is 0 Å². The van der Waals surface area contributed by atoms with Crippen molar-refractivity contribution < 1.29 is 9.59 Å². The number of rotatable bonds is 5. The van der Waals surface area contributed by atoms with E-state index in [9.17, 15) is 9.59 Å². The van der Waals surface area contributed by atoms with Crippen LogP contribution < -0.4 is 10.2 Å².